The highest BCUT2D eigenvalue weighted by molar-refractivity contribution is 5.84. The average Bonchev–Trinajstić information content (AvgIpc) is 2.52. The van der Waals surface area contributed by atoms with Crippen molar-refractivity contribution < 1.29 is 23.5 Å². The summed E-state index contributed by atoms with van der Waals surface area (Å²) in [7, 11) is 0. The third-order valence-electron chi connectivity index (χ3n) is 3.37. The zero-order valence-corrected chi connectivity index (χ0v) is 15.3. The number of esters is 1. The van der Waals surface area contributed by atoms with Gasteiger partial charge in [0.1, 0.15) is 23.0 Å². The van der Waals surface area contributed by atoms with E-state index in [9.17, 15) is 14.4 Å². The molecule has 1 amide bonds. The van der Waals surface area contributed by atoms with Crippen molar-refractivity contribution in [3.63, 3.8) is 0 Å². The molecule has 1 N–H and O–H groups in total. The molecule has 2 rings (SSSR count). The molecule has 140 valence electrons. The van der Waals surface area contributed by atoms with Crippen LogP contribution >= 0.6 is 0 Å². The number of rotatable bonds is 5. The van der Waals surface area contributed by atoms with Crippen LogP contribution in [0.4, 0.5) is 4.79 Å². The Kier molecular flexibility index (Phi) is 6.02. The Morgan fingerprint density at radius 1 is 1.19 bits per heavy atom. The molecule has 0 aliphatic rings. The number of carbonyl (C=O) groups is 2. The van der Waals surface area contributed by atoms with E-state index in [0.717, 1.165) is 0 Å². The van der Waals surface area contributed by atoms with Crippen LogP contribution in [0.25, 0.3) is 11.0 Å². The smallest absolute Gasteiger partial charge is 0.408 e. The molecule has 2 aromatic rings. The van der Waals surface area contributed by atoms with Gasteiger partial charge in [-0.15, -0.1) is 0 Å². The minimum Gasteiger partial charge on any atom is -0.444 e. The maximum Gasteiger partial charge on any atom is 0.408 e. The molecule has 0 radical (unpaired) electrons. The van der Waals surface area contributed by atoms with Crippen LogP contribution in [-0.2, 0) is 9.53 Å². The molecule has 0 bridgehead atoms. The summed E-state index contributed by atoms with van der Waals surface area (Å²) >= 11 is 0. The van der Waals surface area contributed by atoms with E-state index >= 15 is 0 Å². The number of nitrogens with one attached hydrogen (secondary N) is 1. The SMILES string of the molecule is CCC[C@H](NC(=O)OC(C)(C)C)C(=O)Oc1ccc2ccc(=O)oc2c1. The molecule has 1 heterocycles. The van der Waals surface area contributed by atoms with Crippen LogP contribution in [0.2, 0.25) is 0 Å². The van der Waals surface area contributed by atoms with Gasteiger partial charge in [-0.3, -0.25) is 0 Å². The van der Waals surface area contributed by atoms with Gasteiger partial charge in [0, 0.05) is 17.5 Å². The van der Waals surface area contributed by atoms with Crippen molar-refractivity contribution in [2.24, 2.45) is 0 Å². The lowest BCUT2D eigenvalue weighted by Crippen LogP contribution is -2.45. The van der Waals surface area contributed by atoms with Crippen molar-refractivity contribution in [3.8, 4) is 5.75 Å². The first-order valence-corrected chi connectivity index (χ1v) is 8.43. The van der Waals surface area contributed by atoms with E-state index in [4.69, 9.17) is 13.9 Å². The molecular formula is C19H23NO6. The average molecular weight is 361 g/mol. The van der Waals surface area contributed by atoms with Gasteiger partial charge >= 0.3 is 17.7 Å². The topological polar surface area (TPSA) is 94.8 Å². The predicted molar refractivity (Wildman–Crippen MR) is 96.2 cm³/mol. The van der Waals surface area contributed by atoms with Gasteiger partial charge in [-0.1, -0.05) is 13.3 Å². The lowest BCUT2D eigenvalue weighted by atomic mass is 10.1. The second kappa shape index (κ2) is 8.03. The first-order valence-electron chi connectivity index (χ1n) is 8.43. The molecule has 1 atom stereocenters. The molecule has 0 saturated carbocycles. The summed E-state index contributed by atoms with van der Waals surface area (Å²) in [5, 5.41) is 3.24. The first kappa shape index (κ1) is 19.5. The molecule has 0 aliphatic carbocycles. The fourth-order valence-corrected chi connectivity index (χ4v) is 2.28. The lowest BCUT2D eigenvalue weighted by Gasteiger charge is -2.22. The molecule has 1 aromatic heterocycles. The summed E-state index contributed by atoms with van der Waals surface area (Å²) in [6.07, 6.45) is 0.389. The third kappa shape index (κ3) is 5.61. The summed E-state index contributed by atoms with van der Waals surface area (Å²) in [6.45, 7) is 7.11. The van der Waals surface area contributed by atoms with E-state index in [1.807, 2.05) is 6.92 Å². The summed E-state index contributed by atoms with van der Waals surface area (Å²) < 4.78 is 15.6. The highest BCUT2D eigenvalue weighted by Gasteiger charge is 2.25. The van der Waals surface area contributed by atoms with Gasteiger partial charge in [-0.2, -0.15) is 0 Å². The predicted octanol–water partition coefficient (Wildman–Crippen LogP) is 3.39. The van der Waals surface area contributed by atoms with Crippen LogP contribution in [0.1, 0.15) is 40.5 Å². The minimum atomic E-state index is -0.840. The second-order valence-corrected chi connectivity index (χ2v) is 6.86. The fourth-order valence-electron chi connectivity index (χ4n) is 2.28. The lowest BCUT2D eigenvalue weighted by molar-refractivity contribution is -0.137. The molecule has 7 nitrogen and oxygen atoms in total. The van der Waals surface area contributed by atoms with Gasteiger partial charge < -0.3 is 19.2 Å². The van der Waals surface area contributed by atoms with E-state index in [1.165, 1.54) is 12.1 Å². The van der Waals surface area contributed by atoms with Gasteiger partial charge in [0.25, 0.3) is 0 Å². The van der Waals surface area contributed by atoms with Gasteiger partial charge in [-0.25, -0.2) is 14.4 Å². The number of alkyl carbamates (subject to hydrolysis) is 1. The molecule has 0 aliphatic heterocycles. The molecule has 1 aromatic carbocycles. The van der Waals surface area contributed by atoms with Crippen molar-refractivity contribution in [3.05, 3.63) is 40.8 Å². The Hall–Kier alpha value is -2.83. The number of hydrogen-bond donors (Lipinski definition) is 1. The van der Waals surface area contributed by atoms with Crippen LogP contribution < -0.4 is 15.7 Å². The highest BCUT2D eigenvalue weighted by atomic mass is 16.6. The zero-order valence-electron chi connectivity index (χ0n) is 15.3. The highest BCUT2D eigenvalue weighted by Crippen LogP contribution is 2.20. The van der Waals surface area contributed by atoms with E-state index in [-0.39, 0.29) is 5.75 Å². The summed E-state index contributed by atoms with van der Waals surface area (Å²) in [5.41, 5.74) is -0.841. The standard InChI is InChI=1S/C19H23NO6/c1-5-6-14(20-18(23)26-19(2,3)4)17(22)24-13-9-7-12-8-10-16(21)25-15(12)11-13/h7-11,14H,5-6H2,1-4H3,(H,20,23)/t14-/m0/s1. The minimum absolute atomic E-state index is 0.226. The van der Waals surface area contributed by atoms with Crippen LogP contribution in [0.5, 0.6) is 5.75 Å². The number of fused-ring (bicyclic) bond motifs is 1. The fraction of sp³-hybridized carbons (Fsp3) is 0.421. The van der Waals surface area contributed by atoms with Crippen molar-refractivity contribution in [1.82, 2.24) is 5.32 Å². The third-order valence-corrected chi connectivity index (χ3v) is 3.37. The number of hydrogen-bond acceptors (Lipinski definition) is 6. The second-order valence-electron chi connectivity index (χ2n) is 6.86. The molecule has 0 fully saturated rings. The largest absolute Gasteiger partial charge is 0.444 e. The molecule has 26 heavy (non-hydrogen) atoms. The number of carbonyl (C=O) groups excluding carboxylic acids is 2. The monoisotopic (exact) mass is 361 g/mol. The van der Waals surface area contributed by atoms with E-state index in [1.54, 1.807) is 39.0 Å². The Morgan fingerprint density at radius 3 is 2.54 bits per heavy atom. The van der Waals surface area contributed by atoms with Gasteiger partial charge in [-0.05, 0) is 45.4 Å². The van der Waals surface area contributed by atoms with Crippen LogP contribution in [0, 0.1) is 0 Å². The molecule has 0 unspecified atom stereocenters. The Morgan fingerprint density at radius 2 is 1.88 bits per heavy atom. The van der Waals surface area contributed by atoms with E-state index in [0.29, 0.717) is 23.8 Å². The number of amides is 1. The first-order chi connectivity index (χ1) is 12.2. The van der Waals surface area contributed by atoms with Crippen LogP contribution in [-0.4, -0.2) is 23.7 Å². The Labute approximate surface area is 151 Å². The van der Waals surface area contributed by atoms with E-state index < -0.39 is 29.3 Å². The Bertz CT molecular complexity index is 849. The molecule has 0 saturated heterocycles. The van der Waals surface area contributed by atoms with Crippen molar-refractivity contribution in [2.45, 2.75) is 52.2 Å². The maximum atomic E-state index is 12.4. The molecule has 0 spiro atoms. The zero-order chi connectivity index (χ0) is 19.3. The normalized spacial score (nSPS) is 12.5. The molecule has 7 heteroatoms. The maximum absolute atomic E-state index is 12.4. The van der Waals surface area contributed by atoms with Gasteiger partial charge in [0.15, 0.2) is 0 Å². The van der Waals surface area contributed by atoms with Crippen molar-refractivity contribution in [2.75, 3.05) is 0 Å². The number of benzene rings is 1. The summed E-state index contributed by atoms with van der Waals surface area (Å²) in [4.78, 5) is 35.7. The summed E-state index contributed by atoms with van der Waals surface area (Å²) in [5.74, 6) is -0.390. The quantitative estimate of drug-likeness (QED) is 0.498. The van der Waals surface area contributed by atoms with Crippen molar-refractivity contribution in [1.29, 1.82) is 0 Å². The van der Waals surface area contributed by atoms with Crippen LogP contribution in [0.3, 0.4) is 0 Å². The van der Waals surface area contributed by atoms with Crippen LogP contribution in [0.15, 0.2) is 39.5 Å². The van der Waals surface area contributed by atoms with Gasteiger partial charge in [0.2, 0.25) is 0 Å². The van der Waals surface area contributed by atoms with E-state index in [2.05, 4.69) is 5.32 Å². The summed E-state index contributed by atoms with van der Waals surface area (Å²) in [6, 6.07) is 6.83. The van der Waals surface area contributed by atoms with Gasteiger partial charge in [0.05, 0.1) is 0 Å². The molecular weight excluding hydrogens is 338 g/mol. The van der Waals surface area contributed by atoms with Crippen molar-refractivity contribution >= 4 is 23.0 Å². The Balaban J connectivity index is 2.11. The number of ether oxygens (including phenoxy) is 2.